The molecule has 0 saturated carbocycles. The van der Waals surface area contributed by atoms with E-state index in [-0.39, 0.29) is 64.4 Å². The van der Waals surface area contributed by atoms with Crippen LogP contribution in [0.4, 0.5) is 0 Å². The molecule has 2 atom stereocenters. The van der Waals surface area contributed by atoms with E-state index < -0.39 is 0 Å². The fourth-order valence-electron chi connectivity index (χ4n) is 1.18. The van der Waals surface area contributed by atoms with Crippen LogP contribution in [0.5, 0.6) is 0 Å². The minimum atomic E-state index is 0. The summed E-state index contributed by atoms with van der Waals surface area (Å²) in [7, 11) is 0. The zero-order valence-corrected chi connectivity index (χ0v) is 12.2. The van der Waals surface area contributed by atoms with Crippen molar-refractivity contribution in [1.82, 2.24) is 4.90 Å². The number of hydrogen-bond acceptors (Lipinski definition) is 2. The second-order valence-corrected chi connectivity index (χ2v) is 2.42. The number of hydrogen-bond donors (Lipinski definition) is 0. The molecule has 1 rings (SSSR count). The molecule has 1 heterocycles. The molecule has 1 aliphatic rings. The van der Waals surface area contributed by atoms with Crippen LogP contribution >= 0.6 is 0 Å². The van der Waals surface area contributed by atoms with Crippen molar-refractivity contribution in [2.24, 2.45) is 0 Å². The minimum absolute atomic E-state index is 0. The van der Waals surface area contributed by atoms with E-state index in [1.165, 1.54) is 0 Å². The maximum absolute atomic E-state index is 5.44. The molecule has 54 valence electrons. The Morgan fingerprint density at radius 1 is 1.50 bits per heavy atom. The number of nitrogens with zero attached hydrogens (tertiary/aromatic N) is 1. The first-order chi connectivity index (χ1) is 4.24. The molecule has 1 fully saturated rings. The van der Waals surface area contributed by atoms with Crippen LogP contribution in [0.1, 0.15) is 20.8 Å². The van der Waals surface area contributed by atoms with Crippen LogP contribution in [-0.4, -0.2) is 23.8 Å². The molecule has 0 aromatic rings. The Labute approximate surface area is 112 Å². The summed E-state index contributed by atoms with van der Waals surface area (Å²) in [6.45, 7) is 9.44. The van der Waals surface area contributed by atoms with E-state index in [9.17, 15) is 0 Å². The maximum Gasteiger partial charge on any atom is 1.00 e. The third-order valence-electron chi connectivity index (χ3n) is 1.65. The summed E-state index contributed by atoms with van der Waals surface area (Å²) < 4.78 is 5.44. The van der Waals surface area contributed by atoms with Crippen molar-refractivity contribution in [2.75, 3.05) is 6.54 Å². The van der Waals surface area contributed by atoms with Gasteiger partial charge in [0.25, 0.3) is 0 Å². The Balaban J connectivity index is 0.000000810. The topological polar surface area (TPSA) is 12.5 Å². The number of rotatable bonds is 1. The fraction of sp³-hybridized carbons (Fsp3) is 0.857. The first-order valence-corrected chi connectivity index (χ1v) is 3.50. The second kappa shape index (κ2) is 5.38. The quantitative estimate of drug-likeness (QED) is 0.479. The van der Waals surface area contributed by atoms with Gasteiger partial charge in [-0.3, -0.25) is 0 Å². The van der Waals surface area contributed by atoms with Gasteiger partial charge >= 0.3 is 58.2 Å². The van der Waals surface area contributed by atoms with Gasteiger partial charge in [-0.05, 0) is 13.5 Å². The van der Waals surface area contributed by atoms with E-state index in [4.69, 9.17) is 4.74 Å². The molecule has 2 unspecified atom stereocenters. The van der Waals surface area contributed by atoms with Crippen molar-refractivity contribution in [3.8, 4) is 0 Å². The average molecular weight is 214 g/mol. The molecular weight excluding hydrogens is 200 g/mol. The standard InChI is InChI=1S/C7H14NO.Rb/c1-4-8-5-6(2)9-7(8)3;/h5-7H,4H2,1-3H3;/q-1;+1. The van der Waals surface area contributed by atoms with E-state index in [1.54, 1.807) is 0 Å². The molecule has 0 aromatic carbocycles. The van der Waals surface area contributed by atoms with Gasteiger partial charge in [-0.1, -0.05) is 20.0 Å². The van der Waals surface area contributed by atoms with Crippen LogP contribution in [0.2, 0.25) is 0 Å². The van der Waals surface area contributed by atoms with Crippen molar-refractivity contribution in [2.45, 2.75) is 33.1 Å². The minimum Gasteiger partial charge on any atom is -0.430 e. The molecule has 0 bridgehead atoms. The molecule has 10 heavy (non-hydrogen) atoms. The van der Waals surface area contributed by atoms with Crippen LogP contribution in [0.15, 0.2) is 0 Å². The van der Waals surface area contributed by atoms with E-state index >= 15 is 0 Å². The smallest absolute Gasteiger partial charge is 0.430 e. The van der Waals surface area contributed by atoms with Crippen LogP contribution < -0.4 is 58.2 Å². The number of likely N-dealkylation sites (N-methyl/N-ethyl adjacent to an activating group) is 1. The molecule has 2 nitrogen and oxygen atoms in total. The largest absolute Gasteiger partial charge is 1.00 e. The van der Waals surface area contributed by atoms with Gasteiger partial charge in [0.05, 0.1) is 6.23 Å². The molecule has 0 spiro atoms. The third-order valence-corrected chi connectivity index (χ3v) is 1.65. The van der Waals surface area contributed by atoms with Crippen molar-refractivity contribution >= 4 is 0 Å². The van der Waals surface area contributed by atoms with E-state index in [1.807, 2.05) is 0 Å². The summed E-state index contributed by atoms with van der Waals surface area (Å²) in [5.74, 6) is 0. The van der Waals surface area contributed by atoms with Crippen LogP contribution in [0.25, 0.3) is 0 Å². The first-order valence-electron chi connectivity index (χ1n) is 3.50. The number of ether oxygens (including phenoxy) is 1. The van der Waals surface area contributed by atoms with Gasteiger partial charge in [-0.15, -0.1) is 0 Å². The zero-order valence-electron chi connectivity index (χ0n) is 7.29. The fourth-order valence-corrected chi connectivity index (χ4v) is 1.18. The summed E-state index contributed by atoms with van der Waals surface area (Å²) in [4.78, 5) is 2.20. The van der Waals surface area contributed by atoms with E-state index in [0.29, 0.717) is 6.10 Å². The SMILES string of the molecule is CCN1[CH-]C(C)OC1C.[Rb+]. The van der Waals surface area contributed by atoms with Gasteiger partial charge in [0.2, 0.25) is 0 Å². The summed E-state index contributed by atoms with van der Waals surface area (Å²) in [5, 5.41) is 0. The summed E-state index contributed by atoms with van der Waals surface area (Å²) in [6, 6.07) is 0. The predicted molar refractivity (Wildman–Crippen MR) is 36.7 cm³/mol. The Morgan fingerprint density at radius 2 is 2.10 bits per heavy atom. The third kappa shape index (κ3) is 2.99. The molecule has 0 N–H and O–H groups in total. The Morgan fingerprint density at radius 3 is 2.30 bits per heavy atom. The molecule has 1 aliphatic heterocycles. The normalized spacial score (nSPS) is 33.9. The molecule has 0 aromatic heterocycles. The summed E-state index contributed by atoms with van der Waals surface area (Å²) in [5.41, 5.74) is 0. The summed E-state index contributed by atoms with van der Waals surface area (Å²) in [6.07, 6.45) is 0.588. The van der Waals surface area contributed by atoms with Crippen molar-refractivity contribution in [3.05, 3.63) is 6.54 Å². The first kappa shape index (κ1) is 11.7. The van der Waals surface area contributed by atoms with Crippen LogP contribution in [-0.2, 0) is 4.74 Å². The molecule has 0 radical (unpaired) electrons. The van der Waals surface area contributed by atoms with Crippen molar-refractivity contribution < 1.29 is 62.9 Å². The van der Waals surface area contributed by atoms with Gasteiger partial charge in [0, 0.05) is 0 Å². The second-order valence-electron chi connectivity index (χ2n) is 2.42. The van der Waals surface area contributed by atoms with E-state index in [0.717, 1.165) is 6.54 Å². The van der Waals surface area contributed by atoms with Crippen molar-refractivity contribution in [3.63, 3.8) is 0 Å². The molecule has 3 heteroatoms. The average Bonchev–Trinajstić information content (AvgIpc) is 2.10. The van der Waals surface area contributed by atoms with Gasteiger partial charge < -0.3 is 9.64 Å². The summed E-state index contributed by atoms with van der Waals surface area (Å²) >= 11 is 0. The van der Waals surface area contributed by atoms with Gasteiger partial charge in [-0.25, -0.2) is 6.54 Å². The Bertz CT molecular complexity index is 99.6. The van der Waals surface area contributed by atoms with Gasteiger partial charge in [0.15, 0.2) is 0 Å². The zero-order chi connectivity index (χ0) is 6.85. The van der Waals surface area contributed by atoms with E-state index in [2.05, 4.69) is 32.2 Å². The predicted octanol–water partition coefficient (Wildman–Crippen LogP) is -1.76. The maximum atomic E-state index is 5.44. The molecule has 0 aliphatic carbocycles. The van der Waals surface area contributed by atoms with Crippen molar-refractivity contribution in [1.29, 1.82) is 0 Å². The van der Waals surface area contributed by atoms with Gasteiger partial charge in [-0.2, -0.15) is 0 Å². The Hall–Kier alpha value is 1.73. The monoisotopic (exact) mass is 213 g/mol. The van der Waals surface area contributed by atoms with Gasteiger partial charge in [0.1, 0.15) is 0 Å². The van der Waals surface area contributed by atoms with Crippen LogP contribution in [0, 0.1) is 6.54 Å². The molecule has 1 saturated heterocycles. The Kier molecular flexibility index (Phi) is 6.31. The molecule has 0 amide bonds. The van der Waals surface area contributed by atoms with Crippen LogP contribution in [0.3, 0.4) is 0 Å². The molecular formula is C7H14NORb.